The average Bonchev–Trinajstić information content (AvgIpc) is 2.27. The largest absolute Gasteiger partial charge is 0.308 e. The molecule has 1 heteroatoms. The highest BCUT2D eigenvalue weighted by Crippen LogP contribution is 2.17. The van der Waals surface area contributed by atoms with E-state index in [-0.39, 0.29) is 5.54 Å². The van der Waals surface area contributed by atoms with E-state index >= 15 is 0 Å². The highest BCUT2D eigenvalue weighted by molar-refractivity contribution is 5.24. The van der Waals surface area contributed by atoms with Gasteiger partial charge in [0.25, 0.3) is 0 Å². The van der Waals surface area contributed by atoms with Crippen LogP contribution >= 0.6 is 0 Å². The van der Waals surface area contributed by atoms with Crippen LogP contribution in [0.25, 0.3) is 0 Å². The van der Waals surface area contributed by atoms with E-state index < -0.39 is 0 Å². The molecular formula is C16H25N. The van der Waals surface area contributed by atoms with Gasteiger partial charge >= 0.3 is 0 Å². The van der Waals surface area contributed by atoms with Crippen molar-refractivity contribution in [1.29, 1.82) is 0 Å². The number of hydrogen-bond donors (Lipinski definition) is 1. The summed E-state index contributed by atoms with van der Waals surface area (Å²) in [5, 5.41) is 3.51. The summed E-state index contributed by atoms with van der Waals surface area (Å²) in [6.45, 7) is 12.0. The summed E-state index contributed by atoms with van der Waals surface area (Å²) in [5.74, 6) is 0.484. The Morgan fingerprint density at radius 1 is 1.24 bits per heavy atom. The van der Waals surface area contributed by atoms with Crippen LogP contribution in [0.4, 0.5) is 0 Å². The first-order valence-electron chi connectivity index (χ1n) is 6.36. The second-order valence-corrected chi connectivity index (χ2v) is 5.82. The summed E-state index contributed by atoms with van der Waals surface area (Å²) in [6.07, 6.45) is 2.34. The van der Waals surface area contributed by atoms with E-state index in [0.717, 1.165) is 6.54 Å². The van der Waals surface area contributed by atoms with Gasteiger partial charge in [-0.2, -0.15) is 0 Å². The molecule has 0 aliphatic carbocycles. The second-order valence-electron chi connectivity index (χ2n) is 5.82. The van der Waals surface area contributed by atoms with Gasteiger partial charge in [-0.3, -0.25) is 0 Å². The van der Waals surface area contributed by atoms with Gasteiger partial charge < -0.3 is 5.32 Å². The molecule has 1 nitrogen and oxygen atoms in total. The Labute approximate surface area is 106 Å². The zero-order chi connectivity index (χ0) is 12.9. The van der Waals surface area contributed by atoms with E-state index in [4.69, 9.17) is 0 Å². The molecule has 17 heavy (non-hydrogen) atoms. The maximum atomic E-state index is 3.51. The maximum Gasteiger partial charge on any atom is 0.0166 e. The molecule has 0 fully saturated rings. The van der Waals surface area contributed by atoms with Crippen LogP contribution in [-0.2, 0) is 0 Å². The molecule has 1 N–H and O–H groups in total. The zero-order valence-electron chi connectivity index (χ0n) is 11.7. The predicted molar refractivity (Wildman–Crippen MR) is 76.4 cm³/mol. The van der Waals surface area contributed by atoms with Crippen molar-refractivity contribution < 1.29 is 0 Å². The van der Waals surface area contributed by atoms with E-state index in [1.807, 2.05) is 0 Å². The van der Waals surface area contributed by atoms with Gasteiger partial charge in [0, 0.05) is 12.1 Å². The number of rotatable bonds is 4. The maximum absolute atomic E-state index is 3.51. The molecule has 0 aliphatic rings. The Bertz CT molecular complexity index is 357. The fourth-order valence-corrected chi connectivity index (χ4v) is 1.74. The van der Waals surface area contributed by atoms with Crippen molar-refractivity contribution in [3.8, 4) is 0 Å². The first-order chi connectivity index (χ1) is 7.88. The molecule has 0 aliphatic heterocycles. The van der Waals surface area contributed by atoms with Gasteiger partial charge in [0.2, 0.25) is 0 Å². The minimum Gasteiger partial charge on any atom is -0.308 e. The van der Waals surface area contributed by atoms with E-state index in [2.05, 4.69) is 76.3 Å². The summed E-state index contributed by atoms with van der Waals surface area (Å²) < 4.78 is 0. The molecule has 0 saturated heterocycles. The van der Waals surface area contributed by atoms with Gasteiger partial charge in [-0.05, 0) is 39.2 Å². The molecule has 0 saturated carbocycles. The van der Waals surface area contributed by atoms with E-state index in [1.165, 1.54) is 11.1 Å². The van der Waals surface area contributed by atoms with Crippen molar-refractivity contribution in [2.45, 2.75) is 46.1 Å². The summed E-state index contributed by atoms with van der Waals surface area (Å²) in [5.41, 5.74) is 2.96. The highest BCUT2D eigenvalue weighted by atomic mass is 14.9. The van der Waals surface area contributed by atoms with Gasteiger partial charge in [-0.1, -0.05) is 48.9 Å². The number of hydrogen-bond acceptors (Lipinski definition) is 1. The standard InChI is InChI=1S/C16H25N/c1-13(12-17-16(3,4)5)11-14(2)15-9-7-6-8-10-15/h6-11,14,17H,12H2,1-5H3/b13-11-. The molecule has 1 rings (SSSR count). The number of allylic oxidation sites excluding steroid dienone is 1. The van der Waals surface area contributed by atoms with Crippen LogP contribution in [0.15, 0.2) is 42.0 Å². The lowest BCUT2D eigenvalue weighted by Gasteiger charge is -2.21. The summed E-state index contributed by atoms with van der Waals surface area (Å²) in [7, 11) is 0. The minimum absolute atomic E-state index is 0.186. The molecule has 94 valence electrons. The Morgan fingerprint density at radius 3 is 2.35 bits per heavy atom. The van der Waals surface area contributed by atoms with Crippen LogP contribution in [0, 0.1) is 0 Å². The van der Waals surface area contributed by atoms with Gasteiger partial charge in [-0.15, -0.1) is 0 Å². The summed E-state index contributed by atoms with van der Waals surface area (Å²) >= 11 is 0. The van der Waals surface area contributed by atoms with Crippen molar-refractivity contribution >= 4 is 0 Å². The van der Waals surface area contributed by atoms with Gasteiger partial charge in [0.1, 0.15) is 0 Å². The van der Waals surface area contributed by atoms with Crippen LogP contribution in [0.2, 0.25) is 0 Å². The predicted octanol–water partition coefficient (Wildman–Crippen LogP) is 4.12. The third-order valence-electron chi connectivity index (χ3n) is 2.76. The summed E-state index contributed by atoms with van der Waals surface area (Å²) in [6, 6.07) is 10.6. The minimum atomic E-state index is 0.186. The molecule has 0 amide bonds. The Balaban J connectivity index is 2.57. The molecular weight excluding hydrogens is 206 g/mol. The molecule has 1 aromatic carbocycles. The topological polar surface area (TPSA) is 12.0 Å². The van der Waals surface area contributed by atoms with Gasteiger partial charge in [-0.25, -0.2) is 0 Å². The van der Waals surface area contributed by atoms with Crippen LogP contribution in [-0.4, -0.2) is 12.1 Å². The van der Waals surface area contributed by atoms with Gasteiger partial charge in [0.05, 0.1) is 0 Å². The monoisotopic (exact) mass is 231 g/mol. The van der Waals surface area contributed by atoms with Gasteiger partial charge in [0.15, 0.2) is 0 Å². The number of nitrogens with one attached hydrogen (secondary N) is 1. The Morgan fingerprint density at radius 2 is 1.82 bits per heavy atom. The average molecular weight is 231 g/mol. The molecule has 0 radical (unpaired) electrons. The van der Waals surface area contributed by atoms with E-state index in [9.17, 15) is 0 Å². The molecule has 0 aromatic heterocycles. The fourth-order valence-electron chi connectivity index (χ4n) is 1.74. The third kappa shape index (κ3) is 5.69. The first-order valence-corrected chi connectivity index (χ1v) is 6.36. The van der Waals surface area contributed by atoms with Crippen molar-refractivity contribution in [2.24, 2.45) is 0 Å². The quantitative estimate of drug-likeness (QED) is 0.768. The SMILES string of the molecule is C/C(=C/C(C)c1ccccc1)CNC(C)(C)C. The lowest BCUT2D eigenvalue weighted by atomic mass is 9.98. The van der Waals surface area contributed by atoms with Crippen LogP contribution in [0.3, 0.4) is 0 Å². The van der Waals surface area contributed by atoms with Crippen molar-refractivity contribution in [3.05, 3.63) is 47.5 Å². The third-order valence-corrected chi connectivity index (χ3v) is 2.76. The van der Waals surface area contributed by atoms with Crippen molar-refractivity contribution in [2.75, 3.05) is 6.54 Å². The lowest BCUT2D eigenvalue weighted by Crippen LogP contribution is -2.36. The van der Waals surface area contributed by atoms with Crippen LogP contribution in [0.5, 0.6) is 0 Å². The fraction of sp³-hybridized carbons (Fsp3) is 0.500. The molecule has 1 aromatic rings. The number of benzene rings is 1. The molecule has 0 heterocycles. The molecule has 0 spiro atoms. The highest BCUT2D eigenvalue weighted by Gasteiger charge is 2.08. The van der Waals surface area contributed by atoms with Crippen LogP contribution in [0.1, 0.15) is 46.1 Å². The van der Waals surface area contributed by atoms with E-state index in [1.54, 1.807) is 0 Å². The van der Waals surface area contributed by atoms with E-state index in [0.29, 0.717) is 5.92 Å². The van der Waals surface area contributed by atoms with Crippen molar-refractivity contribution in [1.82, 2.24) is 5.32 Å². The summed E-state index contributed by atoms with van der Waals surface area (Å²) in [4.78, 5) is 0. The first kappa shape index (κ1) is 14.0. The second kappa shape index (κ2) is 6.02. The van der Waals surface area contributed by atoms with Crippen LogP contribution < -0.4 is 5.32 Å². The normalized spacial score (nSPS) is 14.8. The zero-order valence-corrected chi connectivity index (χ0v) is 11.7. The van der Waals surface area contributed by atoms with Crippen molar-refractivity contribution in [3.63, 3.8) is 0 Å². The lowest BCUT2D eigenvalue weighted by molar-refractivity contribution is 0.444. The smallest absolute Gasteiger partial charge is 0.0166 e. The Kier molecular flexibility index (Phi) is 4.95. The molecule has 1 unspecified atom stereocenters. The Hall–Kier alpha value is -1.08. The molecule has 0 bridgehead atoms. The molecule has 1 atom stereocenters.